The number of likely N-dealkylation sites (tertiary alicyclic amines) is 1. The van der Waals surface area contributed by atoms with Crippen molar-refractivity contribution in [2.45, 2.75) is 76.9 Å². The third kappa shape index (κ3) is 7.10. The Morgan fingerprint density at radius 2 is 1.87 bits per heavy atom. The van der Waals surface area contributed by atoms with Crippen molar-refractivity contribution in [3.05, 3.63) is 78.6 Å². The lowest BCUT2D eigenvalue weighted by atomic mass is 9.72. The monoisotopic (exact) mass is 641 g/mol. The van der Waals surface area contributed by atoms with Crippen LogP contribution in [-0.4, -0.2) is 97.7 Å². The van der Waals surface area contributed by atoms with Crippen LogP contribution in [0.15, 0.2) is 77.3 Å². The number of rotatable bonds is 15. The molecular weight excluding hydrogens is 594 g/mol. The summed E-state index contributed by atoms with van der Waals surface area (Å²) in [4.78, 5) is 43.1. The fourth-order valence-electron chi connectivity index (χ4n) is 6.01. The molecule has 12 nitrogen and oxygen atoms in total. The second-order valence-electron chi connectivity index (χ2n) is 12.6. The zero-order chi connectivity index (χ0) is 34.3. The predicted octanol–water partition coefficient (Wildman–Crippen LogP) is 1.77. The molecular formula is C34H47N3O9. The van der Waals surface area contributed by atoms with Crippen molar-refractivity contribution in [2.24, 2.45) is 17.3 Å². The normalized spacial score (nSPS) is 27.7. The van der Waals surface area contributed by atoms with Crippen LogP contribution in [0, 0.1) is 17.3 Å². The highest BCUT2D eigenvalue weighted by molar-refractivity contribution is 5.98. The highest BCUT2D eigenvalue weighted by atomic mass is 16.6. The van der Waals surface area contributed by atoms with Gasteiger partial charge in [0, 0.05) is 20.0 Å². The van der Waals surface area contributed by atoms with Gasteiger partial charge in [-0.25, -0.2) is 9.78 Å². The van der Waals surface area contributed by atoms with Gasteiger partial charge in [0.15, 0.2) is 11.9 Å². The molecule has 2 fully saturated rings. The first-order valence-electron chi connectivity index (χ1n) is 15.3. The Morgan fingerprint density at radius 1 is 1.17 bits per heavy atom. The molecule has 0 aliphatic carbocycles. The molecule has 1 aromatic rings. The van der Waals surface area contributed by atoms with Crippen LogP contribution in [0.3, 0.4) is 0 Å². The van der Waals surface area contributed by atoms with E-state index in [-0.39, 0.29) is 18.9 Å². The Bertz CT molecular complexity index is 1380. The van der Waals surface area contributed by atoms with Gasteiger partial charge in [-0.15, -0.1) is 0 Å². The minimum Gasteiger partial charge on any atom is -0.457 e. The Labute approximate surface area is 269 Å². The number of hydrogen-bond donors (Lipinski definition) is 5. The van der Waals surface area contributed by atoms with E-state index in [2.05, 4.69) is 10.3 Å². The van der Waals surface area contributed by atoms with Crippen molar-refractivity contribution >= 4 is 17.8 Å². The molecule has 0 bridgehead atoms. The first-order valence-corrected chi connectivity index (χ1v) is 15.3. The van der Waals surface area contributed by atoms with Gasteiger partial charge >= 0.3 is 5.97 Å². The number of aliphatic hydroxyl groups excluding tert-OH is 3. The first-order chi connectivity index (χ1) is 21.7. The molecule has 2 aliphatic heterocycles. The lowest BCUT2D eigenvalue weighted by Crippen LogP contribution is -2.64. The molecule has 252 valence electrons. The number of carbonyl (C=O) groups is 3. The van der Waals surface area contributed by atoms with Gasteiger partial charge in [0.1, 0.15) is 17.5 Å². The third-order valence-electron chi connectivity index (χ3n) is 9.23. The molecule has 0 aromatic carbocycles. The summed E-state index contributed by atoms with van der Waals surface area (Å²) in [6, 6.07) is 0. The van der Waals surface area contributed by atoms with E-state index < -0.39 is 65.2 Å². The van der Waals surface area contributed by atoms with Gasteiger partial charge in [-0.2, -0.15) is 0 Å². The van der Waals surface area contributed by atoms with Crippen LogP contribution >= 0.6 is 0 Å². The number of fused-ring (bicyclic) bond motifs is 1. The standard InChI is InChI=1S/C34H47N3O9/c1-22(14-10-7-8-11-15-25-19-35-21-45-25)28(40)32(4,5)30(42)36-17-13-9-12-16-26(39)23(2)18-27-34(44)24(3)29(41)37(6)33(34,20-38)31(43)46-27/h7-14,16,19,21,23-24,26-28,38-40,44H,15,17-18,20H2,1-6H3,(H,36,42)/b10-7+,11-8+,13-9+,16-12+,22-14+/t23-,24+,26+,27+,28-,33-,34-/m1/s1. The van der Waals surface area contributed by atoms with Crippen LogP contribution in [0.5, 0.6) is 0 Å². The fraction of sp³-hybridized carbons (Fsp3) is 0.529. The van der Waals surface area contributed by atoms with E-state index in [4.69, 9.17) is 9.15 Å². The van der Waals surface area contributed by atoms with E-state index in [0.29, 0.717) is 12.0 Å². The van der Waals surface area contributed by atoms with E-state index in [1.54, 1.807) is 64.3 Å². The number of aliphatic hydroxyl groups is 4. The van der Waals surface area contributed by atoms with Crippen molar-refractivity contribution in [1.82, 2.24) is 15.2 Å². The fourth-order valence-corrected chi connectivity index (χ4v) is 6.01. The van der Waals surface area contributed by atoms with Crippen LogP contribution in [-0.2, 0) is 25.5 Å². The Hall–Kier alpha value is -3.84. The number of allylic oxidation sites excluding steroid dienone is 7. The average Bonchev–Trinajstić information content (AvgIpc) is 3.66. The van der Waals surface area contributed by atoms with Crippen LogP contribution in [0.2, 0.25) is 0 Å². The molecule has 2 aliphatic rings. The van der Waals surface area contributed by atoms with Crippen molar-refractivity contribution in [1.29, 1.82) is 0 Å². The number of cyclic esters (lactones) is 1. The third-order valence-corrected chi connectivity index (χ3v) is 9.23. The Balaban J connectivity index is 1.47. The summed E-state index contributed by atoms with van der Waals surface area (Å²) in [7, 11) is 1.36. The molecule has 3 rings (SSSR count). The van der Waals surface area contributed by atoms with Crippen LogP contribution in [0.25, 0.3) is 0 Å². The quantitative estimate of drug-likeness (QED) is 0.140. The van der Waals surface area contributed by atoms with Gasteiger partial charge in [0.2, 0.25) is 11.8 Å². The number of esters is 1. The van der Waals surface area contributed by atoms with E-state index in [0.717, 1.165) is 10.7 Å². The number of nitrogens with zero attached hydrogens (tertiary/aromatic N) is 2. The number of nitrogens with one attached hydrogen (secondary N) is 1. The Kier molecular flexibility index (Phi) is 12.1. The molecule has 12 heteroatoms. The number of likely N-dealkylation sites (N-methyl/N-ethyl adjacent to an activating group) is 1. The molecule has 0 radical (unpaired) electrons. The minimum atomic E-state index is -1.94. The van der Waals surface area contributed by atoms with E-state index in [1.807, 2.05) is 18.2 Å². The second-order valence-corrected chi connectivity index (χ2v) is 12.6. The number of oxazole rings is 1. The van der Waals surface area contributed by atoms with Crippen molar-refractivity contribution < 1.29 is 44.0 Å². The SMILES string of the molecule is C\C(=C/C=C/C=C/Cc1cnco1)[C@@H](O)C(C)(C)C(=O)NC/C=C/C=C/[C@H](O)[C@H](C)C[C@@H]1OC(=O)[C@@]2(CO)N(C)C(=O)[C@H](C)[C@@]12O. The van der Waals surface area contributed by atoms with Crippen LogP contribution in [0.1, 0.15) is 46.8 Å². The molecule has 2 saturated heterocycles. The summed E-state index contributed by atoms with van der Waals surface area (Å²) in [5.74, 6) is -2.37. The number of hydrogen-bond acceptors (Lipinski definition) is 10. The Morgan fingerprint density at radius 3 is 2.52 bits per heavy atom. The predicted molar refractivity (Wildman–Crippen MR) is 170 cm³/mol. The maximum absolute atomic E-state index is 12.8. The van der Waals surface area contributed by atoms with E-state index >= 15 is 0 Å². The van der Waals surface area contributed by atoms with Gasteiger partial charge in [-0.1, -0.05) is 68.5 Å². The van der Waals surface area contributed by atoms with Crippen molar-refractivity contribution in [2.75, 3.05) is 20.2 Å². The van der Waals surface area contributed by atoms with Gasteiger partial charge < -0.3 is 39.8 Å². The number of carbonyl (C=O) groups excluding carboxylic acids is 3. The van der Waals surface area contributed by atoms with E-state index in [1.165, 1.54) is 26.4 Å². The molecule has 7 atom stereocenters. The highest BCUT2D eigenvalue weighted by Gasteiger charge is 2.77. The average molecular weight is 642 g/mol. The lowest BCUT2D eigenvalue weighted by Gasteiger charge is -2.37. The van der Waals surface area contributed by atoms with Gasteiger partial charge in [-0.05, 0) is 38.7 Å². The summed E-state index contributed by atoms with van der Waals surface area (Å²) >= 11 is 0. The van der Waals surface area contributed by atoms with Crippen LogP contribution in [0.4, 0.5) is 0 Å². The molecule has 5 N–H and O–H groups in total. The number of aromatic nitrogens is 1. The molecule has 0 unspecified atom stereocenters. The number of ether oxygens (including phenoxy) is 1. The molecule has 46 heavy (non-hydrogen) atoms. The maximum atomic E-state index is 12.8. The van der Waals surface area contributed by atoms with Gasteiger partial charge in [0.05, 0.1) is 36.3 Å². The van der Waals surface area contributed by atoms with Crippen molar-refractivity contribution in [3.8, 4) is 0 Å². The molecule has 2 amide bonds. The van der Waals surface area contributed by atoms with Crippen LogP contribution < -0.4 is 5.32 Å². The topological polar surface area (TPSA) is 183 Å². The summed E-state index contributed by atoms with van der Waals surface area (Å²) < 4.78 is 10.6. The highest BCUT2D eigenvalue weighted by Crippen LogP contribution is 2.52. The maximum Gasteiger partial charge on any atom is 0.338 e. The smallest absolute Gasteiger partial charge is 0.338 e. The molecule has 0 saturated carbocycles. The van der Waals surface area contributed by atoms with E-state index in [9.17, 15) is 34.8 Å². The summed E-state index contributed by atoms with van der Waals surface area (Å²) in [5.41, 5.74) is -4.29. The summed E-state index contributed by atoms with van der Waals surface area (Å²) in [6.45, 7) is 7.71. The van der Waals surface area contributed by atoms with Gasteiger partial charge in [0.25, 0.3) is 0 Å². The lowest BCUT2D eigenvalue weighted by molar-refractivity contribution is -0.156. The van der Waals surface area contributed by atoms with Crippen molar-refractivity contribution in [3.63, 3.8) is 0 Å². The first kappa shape index (κ1) is 36.6. The summed E-state index contributed by atoms with van der Waals surface area (Å²) in [6.07, 6.45) is 16.2. The minimum absolute atomic E-state index is 0.0577. The zero-order valence-corrected chi connectivity index (χ0v) is 27.3. The zero-order valence-electron chi connectivity index (χ0n) is 27.3. The molecule has 1 aromatic heterocycles. The second kappa shape index (κ2) is 15.2. The number of amides is 2. The van der Waals surface area contributed by atoms with Gasteiger partial charge in [-0.3, -0.25) is 9.59 Å². The molecule has 3 heterocycles. The largest absolute Gasteiger partial charge is 0.457 e. The molecule has 0 spiro atoms. The summed E-state index contributed by atoms with van der Waals surface area (Å²) in [5, 5.41) is 45.9.